The number of carbonyl (C=O) groups excluding carboxylic acids is 2. The number of rotatable bonds is 7. The Hall–Kier alpha value is -1.10. The smallest absolute Gasteiger partial charge is 0.308 e. The number of carbonyl (C=O) groups is 2. The van der Waals surface area contributed by atoms with Crippen LogP contribution in [0.15, 0.2) is 0 Å². The lowest BCUT2D eigenvalue weighted by Gasteiger charge is -2.10. The van der Waals surface area contributed by atoms with E-state index in [-0.39, 0.29) is 19.3 Å². The molecule has 0 rings (SSSR count). The van der Waals surface area contributed by atoms with Crippen LogP contribution in [0.4, 0.5) is 0 Å². The maximum absolute atomic E-state index is 10.9. The van der Waals surface area contributed by atoms with Crippen LogP contribution in [0.1, 0.15) is 39.0 Å². The molecule has 0 saturated carbocycles. The van der Waals surface area contributed by atoms with Crippen LogP contribution in [0.5, 0.6) is 0 Å². The number of carboxylic acid groups (broad SMARTS) is 1. The minimum Gasteiger partial charge on any atom is -0.550 e. The Balaban J connectivity index is 3.50. The van der Waals surface area contributed by atoms with Crippen molar-refractivity contribution in [3.05, 3.63) is 0 Å². The van der Waals surface area contributed by atoms with E-state index in [4.69, 9.17) is 5.11 Å². The molecular formula is C9H15O5-. The first-order valence-electron chi connectivity index (χ1n) is 4.63. The maximum Gasteiger partial charge on any atom is 0.308 e. The van der Waals surface area contributed by atoms with Gasteiger partial charge in [-0.15, -0.1) is 0 Å². The molecule has 0 aliphatic heterocycles. The summed E-state index contributed by atoms with van der Waals surface area (Å²) in [6, 6.07) is 0. The van der Waals surface area contributed by atoms with Crippen molar-refractivity contribution in [2.45, 2.75) is 45.3 Å². The van der Waals surface area contributed by atoms with E-state index in [1.165, 1.54) is 0 Å². The Labute approximate surface area is 82.7 Å². The van der Waals surface area contributed by atoms with Crippen LogP contribution in [0.25, 0.3) is 0 Å². The normalized spacial score (nSPS) is 12.1. The van der Waals surface area contributed by atoms with E-state index in [0.717, 1.165) is 0 Å². The highest BCUT2D eigenvalue weighted by Crippen LogP contribution is 2.02. The molecule has 0 heterocycles. The third-order valence-corrected chi connectivity index (χ3v) is 1.56. The van der Waals surface area contributed by atoms with Gasteiger partial charge in [-0.3, -0.25) is 4.79 Å². The molecule has 0 aromatic heterocycles. The van der Waals surface area contributed by atoms with Crippen molar-refractivity contribution in [3.8, 4) is 0 Å². The second kappa shape index (κ2) is 7.32. The molecule has 14 heavy (non-hydrogen) atoms. The number of esters is 1. The number of hydrogen-bond donors (Lipinski definition) is 1. The first-order valence-corrected chi connectivity index (χ1v) is 4.63. The maximum atomic E-state index is 10.9. The fourth-order valence-corrected chi connectivity index (χ4v) is 0.894. The standard InChI is InChI=1S/C9H16O5/c1-2-4-8(12)14-9(13)6-3-5-7(10)11/h8,12H,2-6H2,1H3,(H,10,11)/p-1. The molecular weight excluding hydrogens is 188 g/mol. The van der Waals surface area contributed by atoms with Gasteiger partial charge >= 0.3 is 5.97 Å². The lowest BCUT2D eigenvalue weighted by atomic mass is 10.2. The Bertz CT molecular complexity index is 190. The van der Waals surface area contributed by atoms with Gasteiger partial charge in [-0.1, -0.05) is 13.3 Å². The number of aliphatic hydroxyl groups is 1. The molecule has 5 nitrogen and oxygen atoms in total. The van der Waals surface area contributed by atoms with Crippen molar-refractivity contribution in [1.29, 1.82) is 0 Å². The molecule has 82 valence electrons. The number of carboxylic acids is 1. The Morgan fingerprint density at radius 1 is 1.43 bits per heavy atom. The van der Waals surface area contributed by atoms with Crippen molar-refractivity contribution < 1.29 is 24.5 Å². The van der Waals surface area contributed by atoms with E-state index in [1.807, 2.05) is 6.92 Å². The molecule has 0 aromatic rings. The first-order chi connectivity index (χ1) is 6.56. The van der Waals surface area contributed by atoms with Crippen LogP contribution >= 0.6 is 0 Å². The van der Waals surface area contributed by atoms with Crippen molar-refractivity contribution in [3.63, 3.8) is 0 Å². The number of aliphatic carboxylic acids is 1. The van der Waals surface area contributed by atoms with Gasteiger partial charge in [0.25, 0.3) is 0 Å². The van der Waals surface area contributed by atoms with E-state index in [0.29, 0.717) is 12.8 Å². The zero-order valence-corrected chi connectivity index (χ0v) is 8.19. The Morgan fingerprint density at radius 2 is 2.07 bits per heavy atom. The lowest BCUT2D eigenvalue weighted by Crippen LogP contribution is -2.22. The van der Waals surface area contributed by atoms with Crippen molar-refractivity contribution in [2.75, 3.05) is 0 Å². The highest BCUT2D eigenvalue weighted by molar-refractivity contribution is 5.70. The number of ether oxygens (including phenoxy) is 1. The van der Waals surface area contributed by atoms with Crippen LogP contribution in [0.2, 0.25) is 0 Å². The predicted octanol–water partition coefficient (Wildman–Crippen LogP) is -0.432. The highest BCUT2D eigenvalue weighted by Gasteiger charge is 2.09. The molecule has 1 atom stereocenters. The van der Waals surface area contributed by atoms with Crippen molar-refractivity contribution in [2.24, 2.45) is 0 Å². The zero-order valence-electron chi connectivity index (χ0n) is 8.19. The van der Waals surface area contributed by atoms with Gasteiger partial charge in [-0.2, -0.15) is 0 Å². The van der Waals surface area contributed by atoms with Gasteiger partial charge in [0, 0.05) is 18.8 Å². The average Bonchev–Trinajstić information content (AvgIpc) is 2.03. The molecule has 1 N–H and O–H groups in total. The summed E-state index contributed by atoms with van der Waals surface area (Å²) in [4.78, 5) is 20.9. The second-order valence-corrected chi connectivity index (χ2v) is 2.96. The highest BCUT2D eigenvalue weighted by atomic mass is 16.6. The monoisotopic (exact) mass is 203 g/mol. The molecule has 0 saturated heterocycles. The van der Waals surface area contributed by atoms with Gasteiger partial charge in [0.05, 0.1) is 0 Å². The fraction of sp³-hybridized carbons (Fsp3) is 0.778. The van der Waals surface area contributed by atoms with Crippen LogP contribution in [-0.4, -0.2) is 23.3 Å². The van der Waals surface area contributed by atoms with Gasteiger partial charge in [0.1, 0.15) is 0 Å². The van der Waals surface area contributed by atoms with Crippen LogP contribution in [-0.2, 0) is 14.3 Å². The summed E-state index contributed by atoms with van der Waals surface area (Å²) in [7, 11) is 0. The van der Waals surface area contributed by atoms with Gasteiger partial charge < -0.3 is 19.7 Å². The molecule has 1 unspecified atom stereocenters. The SMILES string of the molecule is CCCC(O)OC(=O)CCCC(=O)[O-]. The molecule has 5 heteroatoms. The molecule has 0 radical (unpaired) electrons. The third kappa shape index (κ3) is 7.54. The Kier molecular flexibility index (Phi) is 6.74. The molecule has 0 spiro atoms. The largest absolute Gasteiger partial charge is 0.550 e. The Morgan fingerprint density at radius 3 is 2.57 bits per heavy atom. The number of aliphatic hydroxyl groups excluding tert-OH is 1. The lowest BCUT2D eigenvalue weighted by molar-refractivity contribution is -0.305. The minimum absolute atomic E-state index is 0.00520. The molecule has 0 bridgehead atoms. The summed E-state index contributed by atoms with van der Waals surface area (Å²) in [5, 5.41) is 19.0. The van der Waals surface area contributed by atoms with E-state index in [2.05, 4.69) is 4.74 Å². The quantitative estimate of drug-likeness (QED) is 0.448. The summed E-state index contributed by atoms with van der Waals surface area (Å²) in [5.41, 5.74) is 0. The van der Waals surface area contributed by atoms with Crippen molar-refractivity contribution >= 4 is 11.9 Å². The topological polar surface area (TPSA) is 86.7 Å². The number of hydrogen-bond acceptors (Lipinski definition) is 5. The summed E-state index contributed by atoms with van der Waals surface area (Å²) in [6.07, 6.45) is 0.0449. The molecule has 0 aliphatic carbocycles. The van der Waals surface area contributed by atoms with Gasteiger partial charge in [-0.05, 0) is 12.8 Å². The van der Waals surface area contributed by atoms with Gasteiger partial charge in [0.2, 0.25) is 6.29 Å². The summed E-state index contributed by atoms with van der Waals surface area (Å²) < 4.78 is 4.58. The van der Waals surface area contributed by atoms with Crippen molar-refractivity contribution in [1.82, 2.24) is 0 Å². The van der Waals surface area contributed by atoms with Gasteiger partial charge in [0.15, 0.2) is 0 Å². The summed E-state index contributed by atoms with van der Waals surface area (Å²) in [6.45, 7) is 1.85. The molecule has 0 aromatic carbocycles. The molecule has 0 fully saturated rings. The third-order valence-electron chi connectivity index (χ3n) is 1.56. The minimum atomic E-state index is -1.19. The van der Waals surface area contributed by atoms with Crippen LogP contribution in [0, 0.1) is 0 Å². The second-order valence-electron chi connectivity index (χ2n) is 2.96. The molecule has 0 amide bonds. The van der Waals surface area contributed by atoms with E-state index >= 15 is 0 Å². The summed E-state index contributed by atoms with van der Waals surface area (Å²) >= 11 is 0. The van der Waals surface area contributed by atoms with E-state index in [1.54, 1.807) is 0 Å². The van der Waals surface area contributed by atoms with E-state index in [9.17, 15) is 14.7 Å². The zero-order chi connectivity index (χ0) is 11.0. The van der Waals surface area contributed by atoms with E-state index < -0.39 is 18.2 Å². The van der Waals surface area contributed by atoms with Crippen LogP contribution < -0.4 is 5.11 Å². The van der Waals surface area contributed by atoms with Gasteiger partial charge in [-0.25, -0.2) is 0 Å². The fourth-order valence-electron chi connectivity index (χ4n) is 0.894. The predicted molar refractivity (Wildman–Crippen MR) is 45.9 cm³/mol. The summed E-state index contributed by atoms with van der Waals surface area (Å²) in [5.74, 6) is -1.76. The van der Waals surface area contributed by atoms with Crippen LogP contribution in [0.3, 0.4) is 0 Å². The first kappa shape index (κ1) is 12.9. The average molecular weight is 203 g/mol. The molecule has 0 aliphatic rings.